The number of benzene rings is 1. The minimum Gasteiger partial charge on any atom is -0.419 e. The van der Waals surface area contributed by atoms with Crippen molar-refractivity contribution >= 4 is 5.88 Å². The molecule has 1 aromatic heterocycles. The van der Waals surface area contributed by atoms with Gasteiger partial charge in [0.2, 0.25) is 17.5 Å². The molecule has 0 unspecified atom stereocenters. The van der Waals surface area contributed by atoms with E-state index in [9.17, 15) is 0 Å². The van der Waals surface area contributed by atoms with Gasteiger partial charge in [-0.3, -0.25) is 0 Å². The summed E-state index contributed by atoms with van der Waals surface area (Å²) in [6, 6.07) is 10.4. The lowest BCUT2D eigenvalue weighted by Crippen LogP contribution is -2.00. The number of aryl methyl sites for hydroxylation is 1. The SMILES string of the molecule is Cc1ccccc1-c1nc(C#N)c(NC2CC2)o1. The molecule has 4 heteroatoms. The quantitative estimate of drug-likeness (QED) is 0.894. The summed E-state index contributed by atoms with van der Waals surface area (Å²) in [4.78, 5) is 4.25. The van der Waals surface area contributed by atoms with E-state index in [2.05, 4.69) is 16.4 Å². The molecular formula is C14H13N3O. The maximum absolute atomic E-state index is 9.07. The summed E-state index contributed by atoms with van der Waals surface area (Å²) >= 11 is 0. The van der Waals surface area contributed by atoms with Crippen molar-refractivity contribution in [1.82, 2.24) is 4.98 Å². The topological polar surface area (TPSA) is 61.9 Å². The van der Waals surface area contributed by atoms with E-state index in [1.54, 1.807) is 0 Å². The molecule has 1 N–H and O–H groups in total. The predicted octanol–water partition coefficient (Wildman–Crippen LogP) is 3.10. The highest BCUT2D eigenvalue weighted by Gasteiger charge is 2.25. The summed E-state index contributed by atoms with van der Waals surface area (Å²) in [5.41, 5.74) is 2.35. The van der Waals surface area contributed by atoms with Gasteiger partial charge in [-0.15, -0.1) is 0 Å². The summed E-state index contributed by atoms with van der Waals surface area (Å²) in [5, 5.41) is 12.3. The Kier molecular flexibility index (Phi) is 2.52. The van der Waals surface area contributed by atoms with Crippen LogP contribution in [0.5, 0.6) is 0 Å². The van der Waals surface area contributed by atoms with Crippen LogP contribution in [0.25, 0.3) is 11.5 Å². The Labute approximate surface area is 105 Å². The lowest BCUT2D eigenvalue weighted by atomic mass is 10.1. The van der Waals surface area contributed by atoms with Crippen LogP contribution in [0, 0.1) is 18.3 Å². The van der Waals surface area contributed by atoms with Crippen molar-refractivity contribution in [2.24, 2.45) is 0 Å². The molecule has 1 aromatic carbocycles. The molecule has 1 fully saturated rings. The van der Waals surface area contributed by atoms with E-state index < -0.39 is 0 Å². The highest BCUT2D eigenvalue weighted by molar-refractivity contribution is 5.62. The van der Waals surface area contributed by atoms with Crippen LogP contribution in [-0.2, 0) is 0 Å². The number of hydrogen-bond donors (Lipinski definition) is 1. The Morgan fingerprint density at radius 2 is 2.17 bits per heavy atom. The summed E-state index contributed by atoms with van der Waals surface area (Å²) in [6.07, 6.45) is 2.26. The van der Waals surface area contributed by atoms with Crippen molar-refractivity contribution in [3.8, 4) is 17.5 Å². The standard InChI is InChI=1S/C14H13N3O/c1-9-4-2-3-5-11(9)13-17-12(8-15)14(18-13)16-10-6-7-10/h2-5,10,16H,6-7H2,1H3. The molecule has 0 radical (unpaired) electrons. The van der Waals surface area contributed by atoms with Crippen molar-refractivity contribution in [3.05, 3.63) is 35.5 Å². The number of aromatic nitrogens is 1. The average Bonchev–Trinajstić information content (AvgIpc) is 3.09. The third-order valence-electron chi connectivity index (χ3n) is 3.02. The van der Waals surface area contributed by atoms with E-state index >= 15 is 0 Å². The first-order valence-corrected chi connectivity index (χ1v) is 6.01. The fraction of sp³-hybridized carbons (Fsp3) is 0.286. The van der Waals surface area contributed by atoms with Gasteiger partial charge in [-0.25, -0.2) is 0 Å². The second kappa shape index (κ2) is 4.19. The lowest BCUT2D eigenvalue weighted by molar-refractivity contribution is 0.584. The fourth-order valence-corrected chi connectivity index (χ4v) is 1.83. The molecule has 0 aliphatic heterocycles. The number of oxazole rings is 1. The van der Waals surface area contributed by atoms with Crippen LogP contribution in [0.15, 0.2) is 28.7 Å². The highest BCUT2D eigenvalue weighted by Crippen LogP contribution is 2.31. The minimum atomic E-state index is 0.333. The molecular weight excluding hydrogens is 226 g/mol. The van der Waals surface area contributed by atoms with Crippen LogP contribution in [-0.4, -0.2) is 11.0 Å². The Balaban J connectivity index is 2.00. The van der Waals surface area contributed by atoms with E-state index in [0.29, 0.717) is 23.5 Å². The molecule has 90 valence electrons. The van der Waals surface area contributed by atoms with Gasteiger partial charge >= 0.3 is 0 Å². The van der Waals surface area contributed by atoms with Crippen LogP contribution in [0.2, 0.25) is 0 Å². The number of hydrogen-bond acceptors (Lipinski definition) is 4. The first-order valence-electron chi connectivity index (χ1n) is 6.01. The molecule has 1 aliphatic carbocycles. The van der Waals surface area contributed by atoms with Gasteiger partial charge in [-0.2, -0.15) is 10.2 Å². The zero-order valence-electron chi connectivity index (χ0n) is 10.1. The van der Waals surface area contributed by atoms with Gasteiger partial charge in [0, 0.05) is 11.6 Å². The van der Waals surface area contributed by atoms with Crippen molar-refractivity contribution in [3.63, 3.8) is 0 Å². The molecule has 0 saturated heterocycles. The number of nitriles is 1. The van der Waals surface area contributed by atoms with Crippen molar-refractivity contribution in [1.29, 1.82) is 5.26 Å². The number of nitrogens with zero attached hydrogens (tertiary/aromatic N) is 2. The fourth-order valence-electron chi connectivity index (χ4n) is 1.83. The highest BCUT2D eigenvalue weighted by atomic mass is 16.4. The molecule has 3 rings (SSSR count). The van der Waals surface area contributed by atoms with Gasteiger partial charge in [0.15, 0.2) is 0 Å². The van der Waals surface area contributed by atoms with Crippen molar-refractivity contribution < 1.29 is 4.42 Å². The third kappa shape index (κ3) is 1.95. The van der Waals surface area contributed by atoms with E-state index in [1.165, 1.54) is 0 Å². The van der Waals surface area contributed by atoms with E-state index in [-0.39, 0.29) is 0 Å². The Hall–Kier alpha value is -2.28. The first kappa shape index (κ1) is 10.8. The molecule has 0 atom stereocenters. The molecule has 0 bridgehead atoms. The normalized spacial score (nSPS) is 14.2. The summed E-state index contributed by atoms with van der Waals surface area (Å²) in [5.74, 6) is 1.01. The summed E-state index contributed by atoms with van der Waals surface area (Å²) < 4.78 is 5.68. The van der Waals surface area contributed by atoms with Crippen LogP contribution in [0.1, 0.15) is 24.1 Å². The van der Waals surface area contributed by atoms with Gasteiger partial charge < -0.3 is 9.73 Å². The molecule has 0 amide bonds. The second-order valence-corrected chi connectivity index (χ2v) is 4.54. The molecule has 18 heavy (non-hydrogen) atoms. The van der Waals surface area contributed by atoms with E-state index in [0.717, 1.165) is 24.0 Å². The largest absolute Gasteiger partial charge is 0.419 e. The molecule has 0 spiro atoms. The first-order chi connectivity index (χ1) is 8.78. The minimum absolute atomic E-state index is 0.333. The number of anilines is 1. The van der Waals surface area contributed by atoms with Crippen LogP contribution in [0.4, 0.5) is 5.88 Å². The molecule has 2 aromatic rings. The Bertz CT molecular complexity index is 620. The predicted molar refractivity (Wildman–Crippen MR) is 68.0 cm³/mol. The van der Waals surface area contributed by atoms with Gasteiger partial charge in [0.25, 0.3) is 0 Å². The smallest absolute Gasteiger partial charge is 0.232 e. The Morgan fingerprint density at radius 1 is 1.39 bits per heavy atom. The number of nitrogens with one attached hydrogen (secondary N) is 1. The number of rotatable bonds is 3. The maximum atomic E-state index is 9.07. The van der Waals surface area contributed by atoms with Gasteiger partial charge in [-0.1, -0.05) is 18.2 Å². The van der Waals surface area contributed by atoms with Crippen LogP contribution >= 0.6 is 0 Å². The van der Waals surface area contributed by atoms with Gasteiger partial charge in [-0.05, 0) is 31.4 Å². The summed E-state index contributed by atoms with van der Waals surface area (Å²) in [7, 11) is 0. The molecule has 1 saturated carbocycles. The molecule has 1 aliphatic rings. The van der Waals surface area contributed by atoms with Crippen molar-refractivity contribution in [2.45, 2.75) is 25.8 Å². The van der Waals surface area contributed by atoms with Crippen LogP contribution < -0.4 is 5.32 Å². The van der Waals surface area contributed by atoms with Crippen molar-refractivity contribution in [2.75, 3.05) is 5.32 Å². The monoisotopic (exact) mass is 239 g/mol. The van der Waals surface area contributed by atoms with E-state index in [4.69, 9.17) is 9.68 Å². The summed E-state index contributed by atoms with van der Waals surface area (Å²) in [6.45, 7) is 2.00. The van der Waals surface area contributed by atoms with Crippen LogP contribution in [0.3, 0.4) is 0 Å². The third-order valence-corrected chi connectivity index (χ3v) is 3.02. The molecule has 4 nitrogen and oxygen atoms in total. The lowest BCUT2D eigenvalue weighted by Gasteiger charge is -2.00. The van der Waals surface area contributed by atoms with Gasteiger partial charge in [0.1, 0.15) is 6.07 Å². The maximum Gasteiger partial charge on any atom is 0.232 e. The average molecular weight is 239 g/mol. The zero-order chi connectivity index (χ0) is 12.5. The van der Waals surface area contributed by atoms with Gasteiger partial charge in [0.05, 0.1) is 0 Å². The zero-order valence-corrected chi connectivity index (χ0v) is 10.1. The van der Waals surface area contributed by atoms with E-state index in [1.807, 2.05) is 31.2 Å². The second-order valence-electron chi connectivity index (χ2n) is 4.54. The Morgan fingerprint density at radius 3 is 2.83 bits per heavy atom. The molecule has 1 heterocycles.